The van der Waals surface area contributed by atoms with Crippen LogP contribution in [0.4, 0.5) is 0 Å². The zero-order valence-electron chi connectivity index (χ0n) is 23.0. The summed E-state index contributed by atoms with van der Waals surface area (Å²) in [5, 5.41) is 0. The number of benzene rings is 4. The van der Waals surface area contributed by atoms with Crippen molar-refractivity contribution in [2.75, 3.05) is 7.11 Å². The Hall–Kier alpha value is -4.58. The van der Waals surface area contributed by atoms with Gasteiger partial charge in [0.05, 0.1) is 12.7 Å². The second-order valence-corrected chi connectivity index (χ2v) is 9.87. The van der Waals surface area contributed by atoms with Gasteiger partial charge in [-0.15, -0.1) is 0 Å². The first-order chi connectivity index (χ1) is 18.6. The molecule has 0 spiro atoms. The molecule has 200 valence electrons. The number of hydrogen-bond acceptors (Lipinski definition) is 6. The van der Waals surface area contributed by atoms with Crippen LogP contribution in [0.15, 0.2) is 84.9 Å². The first kappa shape index (κ1) is 27.5. The van der Waals surface area contributed by atoms with Gasteiger partial charge < -0.3 is 18.9 Å². The van der Waals surface area contributed by atoms with Crippen LogP contribution in [-0.4, -0.2) is 19.0 Å². The van der Waals surface area contributed by atoms with Gasteiger partial charge in [-0.25, -0.2) is 4.79 Å². The Bertz CT molecular complexity index is 1480. The van der Waals surface area contributed by atoms with Crippen LogP contribution in [-0.2, 0) is 10.2 Å². The van der Waals surface area contributed by atoms with Crippen molar-refractivity contribution in [3.05, 3.63) is 113 Å². The quantitative estimate of drug-likeness (QED) is 0.175. The lowest BCUT2D eigenvalue weighted by atomic mass is 9.77. The number of hydrogen-bond donors (Lipinski definition) is 0. The number of rotatable bonds is 8. The number of esters is 2. The van der Waals surface area contributed by atoms with Crippen molar-refractivity contribution >= 4 is 11.9 Å². The Labute approximate surface area is 229 Å². The Morgan fingerprint density at radius 2 is 1.13 bits per heavy atom. The smallest absolute Gasteiger partial charge is 0.343 e. The van der Waals surface area contributed by atoms with E-state index in [4.69, 9.17) is 18.9 Å². The standard InChI is InChI=1S/C33H32O6/c1-21-19-25(9-17-30(21)36-6)33(4,5)26-10-18-31(22(2)20-26)39-32(35)24-7-11-28(12-8-24)38-29-15-13-27(14-16-29)37-23(3)34/h7-20H,1-6H3. The number of carbonyl (C=O) groups excluding carboxylic acids is 2. The molecule has 0 radical (unpaired) electrons. The van der Waals surface area contributed by atoms with E-state index in [1.165, 1.54) is 12.5 Å². The lowest BCUT2D eigenvalue weighted by Crippen LogP contribution is -2.19. The lowest BCUT2D eigenvalue weighted by molar-refractivity contribution is -0.131. The van der Waals surface area contributed by atoms with Gasteiger partial charge in [0.25, 0.3) is 0 Å². The third kappa shape index (κ3) is 6.47. The van der Waals surface area contributed by atoms with Crippen LogP contribution in [0.2, 0.25) is 0 Å². The van der Waals surface area contributed by atoms with Gasteiger partial charge in [0.2, 0.25) is 0 Å². The summed E-state index contributed by atoms with van der Waals surface area (Å²) < 4.78 is 22.0. The number of ether oxygens (including phenoxy) is 4. The molecule has 0 fully saturated rings. The van der Waals surface area contributed by atoms with Crippen LogP contribution in [0.3, 0.4) is 0 Å². The summed E-state index contributed by atoms with van der Waals surface area (Å²) in [6.45, 7) is 9.66. The second kappa shape index (κ2) is 11.4. The molecule has 0 aromatic heterocycles. The predicted molar refractivity (Wildman–Crippen MR) is 150 cm³/mol. The van der Waals surface area contributed by atoms with Gasteiger partial charge in [-0.3, -0.25) is 4.79 Å². The van der Waals surface area contributed by atoms with E-state index in [1.807, 2.05) is 32.0 Å². The summed E-state index contributed by atoms with van der Waals surface area (Å²) in [6, 6.07) is 25.5. The van der Waals surface area contributed by atoms with Crippen molar-refractivity contribution in [3.8, 4) is 28.7 Å². The Kier molecular flexibility index (Phi) is 8.05. The van der Waals surface area contributed by atoms with E-state index < -0.39 is 5.97 Å². The summed E-state index contributed by atoms with van der Waals surface area (Å²) >= 11 is 0. The molecule has 0 aliphatic rings. The van der Waals surface area contributed by atoms with E-state index in [2.05, 4.69) is 32.0 Å². The average molecular weight is 525 g/mol. The molecule has 0 unspecified atom stereocenters. The molecule has 4 aromatic carbocycles. The summed E-state index contributed by atoms with van der Waals surface area (Å²) in [6.07, 6.45) is 0. The van der Waals surface area contributed by atoms with Gasteiger partial charge >= 0.3 is 11.9 Å². The van der Waals surface area contributed by atoms with E-state index >= 15 is 0 Å². The summed E-state index contributed by atoms with van der Waals surface area (Å²) in [5.74, 6) is 2.11. The van der Waals surface area contributed by atoms with Crippen LogP contribution in [0, 0.1) is 13.8 Å². The van der Waals surface area contributed by atoms with Gasteiger partial charge in [0.1, 0.15) is 28.7 Å². The van der Waals surface area contributed by atoms with Crippen LogP contribution in [0.5, 0.6) is 28.7 Å². The van der Waals surface area contributed by atoms with Gasteiger partial charge in [-0.1, -0.05) is 38.1 Å². The SMILES string of the molecule is COc1ccc(C(C)(C)c2ccc(OC(=O)c3ccc(Oc4ccc(OC(C)=O)cc4)cc3)c(C)c2)cc1C. The molecule has 4 rings (SSSR count). The molecule has 0 saturated heterocycles. The first-order valence-corrected chi connectivity index (χ1v) is 12.6. The molecule has 0 atom stereocenters. The number of methoxy groups -OCH3 is 1. The highest BCUT2D eigenvalue weighted by atomic mass is 16.5. The van der Waals surface area contributed by atoms with Crippen molar-refractivity contribution < 1.29 is 28.5 Å². The molecule has 6 nitrogen and oxygen atoms in total. The van der Waals surface area contributed by atoms with Crippen molar-refractivity contribution in [3.63, 3.8) is 0 Å². The fourth-order valence-corrected chi connectivity index (χ4v) is 4.28. The summed E-state index contributed by atoms with van der Waals surface area (Å²) in [7, 11) is 1.67. The predicted octanol–water partition coefficient (Wildman–Crippen LogP) is 7.57. The zero-order chi connectivity index (χ0) is 28.2. The monoisotopic (exact) mass is 524 g/mol. The molecule has 0 amide bonds. The van der Waals surface area contributed by atoms with Crippen molar-refractivity contribution in [1.29, 1.82) is 0 Å². The van der Waals surface area contributed by atoms with Crippen LogP contribution < -0.4 is 18.9 Å². The molecule has 39 heavy (non-hydrogen) atoms. The van der Waals surface area contributed by atoms with Crippen molar-refractivity contribution in [2.45, 2.75) is 40.0 Å². The first-order valence-electron chi connectivity index (χ1n) is 12.6. The van der Waals surface area contributed by atoms with E-state index in [1.54, 1.807) is 55.6 Å². The molecule has 0 heterocycles. The zero-order valence-corrected chi connectivity index (χ0v) is 23.0. The maximum atomic E-state index is 12.8. The summed E-state index contributed by atoms with van der Waals surface area (Å²) in [5.41, 5.74) is 4.40. The maximum absolute atomic E-state index is 12.8. The van der Waals surface area contributed by atoms with Crippen LogP contribution >= 0.6 is 0 Å². The van der Waals surface area contributed by atoms with Gasteiger partial charge in [0.15, 0.2) is 0 Å². The van der Waals surface area contributed by atoms with Gasteiger partial charge in [0, 0.05) is 12.3 Å². The van der Waals surface area contributed by atoms with Gasteiger partial charge in [-0.2, -0.15) is 0 Å². The topological polar surface area (TPSA) is 71.1 Å². The third-order valence-electron chi connectivity index (χ3n) is 6.63. The fraction of sp³-hybridized carbons (Fsp3) is 0.212. The highest BCUT2D eigenvalue weighted by molar-refractivity contribution is 5.91. The molecule has 6 heteroatoms. The molecule has 0 aliphatic heterocycles. The Morgan fingerprint density at radius 1 is 0.641 bits per heavy atom. The normalized spacial score (nSPS) is 11.0. The highest BCUT2D eigenvalue weighted by Gasteiger charge is 2.25. The molecular formula is C33H32O6. The van der Waals surface area contributed by atoms with E-state index in [0.717, 1.165) is 22.4 Å². The second-order valence-electron chi connectivity index (χ2n) is 9.87. The summed E-state index contributed by atoms with van der Waals surface area (Å²) in [4.78, 5) is 23.9. The highest BCUT2D eigenvalue weighted by Crippen LogP contribution is 2.36. The maximum Gasteiger partial charge on any atom is 0.343 e. The van der Waals surface area contributed by atoms with Crippen molar-refractivity contribution in [1.82, 2.24) is 0 Å². The minimum atomic E-state index is -0.451. The molecule has 0 bridgehead atoms. The minimum Gasteiger partial charge on any atom is -0.496 e. The minimum absolute atomic E-state index is 0.249. The van der Waals surface area contributed by atoms with Gasteiger partial charge in [-0.05, 0) is 96.8 Å². The average Bonchev–Trinajstić information content (AvgIpc) is 2.91. The third-order valence-corrected chi connectivity index (χ3v) is 6.63. The van der Waals surface area contributed by atoms with Crippen LogP contribution in [0.1, 0.15) is 53.4 Å². The molecular weight excluding hydrogens is 492 g/mol. The van der Waals surface area contributed by atoms with E-state index in [9.17, 15) is 9.59 Å². The largest absolute Gasteiger partial charge is 0.496 e. The molecule has 0 N–H and O–H groups in total. The van der Waals surface area contributed by atoms with E-state index in [0.29, 0.717) is 28.6 Å². The van der Waals surface area contributed by atoms with Crippen molar-refractivity contribution in [2.24, 2.45) is 0 Å². The van der Waals surface area contributed by atoms with E-state index in [-0.39, 0.29) is 11.4 Å². The fourth-order valence-electron chi connectivity index (χ4n) is 4.28. The lowest BCUT2D eigenvalue weighted by Gasteiger charge is -2.27. The number of aryl methyl sites for hydroxylation is 2. The van der Waals surface area contributed by atoms with Crippen LogP contribution in [0.25, 0.3) is 0 Å². The number of carbonyl (C=O) groups is 2. The Balaban J connectivity index is 1.42. The molecule has 4 aromatic rings. The Morgan fingerprint density at radius 3 is 1.62 bits per heavy atom. The molecule has 0 saturated carbocycles. The molecule has 0 aliphatic carbocycles.